The number of nitrogens with zero attached hydrogens (tertiary/aromatic N) is 1. The minimum Gasteiger partial charge on any atom is -0.366 e. The summed E-state index contributed by atoms with van der Waals surface area (Å²) in [7, 11) is 0. The van der Waals surface area contributed by atoms with Gasteiger partial charge in [-0.05, 0) is 25.2 Å². The molecule has 3 rings (SSSR count). The highest BCUT2D eigenvalue weighted by atomic mass is 32.2. The predicted octanol–water partition coefficient (Wildman–Crippen LogP) is 1.81. The van der Waals surface area contributed by atoms with E-state index in [9.17, 15) is 9.90 Å². The van der Waals surface area contributed by atoms with Crippen molar-refractivity contribution < 1.29 is 9.90 Å². The standard InChI is InChI=1S/C13H15NO2S/c1-9-13(16)11-6-3-2-5-10(11)12(15)14(13)7-4-8-17-9/h2-3,5-6,9,16H,4,7-8H2,1H3/t9-,13-/m1/s1. The van der Waals surface area contributed by atoms with Crippen LogP contribution in [0.2, 0.25) is 0 Å². The van der Waals surface area contributed by atoms with Crippen LogP contribution in [0.4, 0.5) is 0 Å². The van der Waals surface area contributed by atoms with E-state index in [2.05, 4.69) is 0 Å². The van der Waals surface area contributed by atoms with Gasteiger partial charge in [-0.3, -0.25) is 4.79 Å². The number of fused-ring (bicyclic) bond motifs is 3. The summed E-state index contributed by atoms with van der Waals surface area (Å²) in [6.45, 7) is 2.64. The molecule has 0 unspecified atom stereocenters. The number of hydrogen-bond donors (Lipinski definition) is 1. The average molecular weight is 249 g/mol. The number of thioether (sulfide) groups is 1. The van der Waals surface area contributed by atoms with Crippen LogP contribution in [-0.2, 0) is 5.72 Å². The number of benzene rings is 1. The summed E-state index contributed by atoms with van der Waals surface area (Å²) in [4.78, 5) is 13.9. The molecule has 0 bridgehead atoms. The molecule has 2 aliphatic rings. The molecule has 0 spiro atoms. The van der Waals surface area contributed by atoms with Gasteiger partial charge in [0, 0.05) is 17.7 Å². The summed E-state index contributed by atoms with van der Waals surface area (Å²) in [5.74, 6) is 0.965. The van der Waals surface area contributed by atoms with Crippen molar-refractivity contribution in [2.24, 2.45) is 0 Å². The van der Waals surface area contributed by atoms with Gasteiger partial charge >= 0.3 is 0 Å². The third kappa shape index (κ3) is 1.37. The van der Waals surface area contributed by atoms with Crippen LogP contribution in [0.15, 0.2) is 24.3 Å². The van der Waals surface area contributed by atoms with Crippen molar-refractivity contribution in [2.75, 3.05) is 12.3 Å². The largest absolute Gasteiger partial charge is 0.366 e. The van der Waals surface area contributed by atoms with Crippen LogP contribution < -0.4 is 0 Å². The van der Waals surface area contributed by atoms with E-state index >= 15 is 0 Å². The van der Waals surface area contributed by atoms with Crippen LogP contribution in [0.1, 0.15) is 29.3 Å². The summed E-state index contributed by atoms with van der Waals surface area (Å²) in [5, 5.41) is 11.0. The number of amides is 1. The van der Waals surface area contributed by atoms with Gasteiger partial charge in [-0.2, -0.15) is 11.8 Å². The summed E-state index contributed by atoms with van der Waals surface area (Å²) in [6.07, 6.45) is 0.942. The second-order valence-electron chi connectivity index (χ2n) is 4.60. The molecule has 1 aromatic carbocycles. The summed E-state index contributed by atoms with van der Waals surface area (Å²) in [6, 6.07) is 7.41. The van der Waals surface area contributed by atoms with Crippen LogP contribution in [0.3, 0.4) is 0 Å². The minimum absolute atomic E-state index is 0.0117. The smallest absolute Gasteiger partial charge is 0.256 e. The predicted molar refractivity (Wildman–Crippen MR) is 67.9 cm³/mol. The number of hydrogen-bond acceptors (Lipinski definition) is 3. The van der Waals surface area contributed by atoms with Gasteiger partial charge < -0.3 is 10.0 Å². The number of carbonyl (C=O) groups is 1. The lowest BCUT2D eigenvalue weighted by molar-refractivity contribution is -0.0800. The summed E-state index contributed by atoms with van der Waals surface area (Å²) >= 11 is 1.74. The van der Waals surface area contributed by atoms with E-state index in [-0.39, 0.29) is 11.2 Å². The van der Waals surface area contributed by atoms with Gasteiger partial charge in [-0.15, -0.1) is 0 Å². The van der Waals surface area contributed by atoms with E-state index in [1.807, 2.05) is 31.2 Å². The Morgan fingerprint density at radius 2 is 2.24 bits per heavy atom. The summed E-state index contributed by atoms with van der Waals surface area (Å²) < 4.78 is 0. The maximum atomic E-state index is 12.3. The molecule has 0 radical (unpaired) electrons. The Balaban J connectivity index is 2.19. The number of rotatable bonds is 0. The van der Waals surface area contributed by atoms with Gasteiger partial charge in [-0.1, -0.05) is 18.2 Å². The molecule has 17 heavy (non-hydrogen) atoms. The second-order valence-corrected chi connectivity index (χ2v) is 6.04. The molecule has 3 nitrogen and oxygen atoms in total. The highest BCUT2D eigenvalue weighted by Gasteiger charge is 2.52. The molecule has 90 valence electrons. The Hall–Kier alpha value is -1.00. The van der Waals surface area contributed by atoms with E-state index in [1.54, 1.807) is 16.7 Å². The lowest BCUT2D eigenvalue weighted by Gasteiger charge is -2.36. The lowest BCUT2D eigenvalue weighted by atomic mass is 9.98. The molecule has 1 N–H and O–H groups in total. The monoisotopic (exact) mass is 249 g/mol. The van der Waals surface area contributed by atoms with Crippen LogP contribution in [-0.4, -0.2) is 33.5 Å². The van der Waals surface area contributed by atoms with Crippen molar-refractivity contribution in [1.82, 2.24) is 4.90 Å². The van der Waals surface area contributed by atoms with Gasteiger partial charge in [0.15, 0.2) is 5.72 Å². The lowest BCUT2D eigenvalue weighted by Crippen LogP contribution is -2.49. The molecule has 0 saturated carbocycles. The van der Waals surface area contributed by atoms with Gasteiger partial charge in [0.05, 0.1) is 5.25 Å². The maximum absolute atomic E-state index is 12.3. The van der Waals surface area contributed by atoms with Crippen molar-refractivity contribution in [1.29, 1.82) is 0 Å². The van der Waals surface area contributed by atoms with Crippen molar-refractivity contribution in [3.63, 3.8) is 0 Å². The Morgan fingerprint density at radius 3 is 3.06 bits per heavy atom. The maximum Gasteiger partial charge on any atom is 0.256 e. The highest BCUT2D eigenvalue weighted by Crippen LogP contribution is 2.45. The van der Waals surface area contributed by atoms with Crippen LogP contribution in [0, 0.1) is 0 Å². The average Bonchev–Trinajstić information content (AvgIpc) is 2.47. The molecule has 2 heterocycles. The third-order valence-corrected chi connectivity index (χ3v) is 5.02. The molecular formula is C13H15NO2S. The van der Waals surface area contributed by atoms with Gasteiger partial charge in [0.25, 0.3) is 5.91 Å². The fraction of sp³-hybridized carbons (Fsp3) is 0.462. The van der Waals surface area contributed by atoms with Crippen molar-refractivity contribution >= 4 is 17.7 Å². The third-order valence-electron chi connectivity index (χ3n) is 3.67. The Bertz CT molecular complexity index is 476. The van der Waals surface area contributed by atoms with Crippen molar-refractivity contribution in [2.45, 2.75) is 24.3 Å². The second kappa shape index (κ2) is 3.75. The van der Waals surface area contributed by atoms with Crippen molar-refractivity contribution in [3.8, 4) is 0 Å². The first-order valence-corrected chi connectivity index (χ1v) is 6.96. The van der Waals surface area contributed by atoms with E-state index in [0.29, 0.717) is 12.1 Å². The van der Waals surface area contributed by atoms with Crippen molar-refractivity contribution in [3.05, 3.63) is 35.4 Å². The normalized spacial score (nSPS) is 32.0. The minimum atomic E-state index is -1.12. The molecule has 1 amide bonds. The SMILES string of the molecule is C[C@H]1SCCCN2C(=O)c3ccccc3[C@]12O. The zero-order valence-electron chi connectivity index (χ0n) is 9.72. The zero-order chi connectivity index (χ0) is 12.0. The highest BCUT2D eigenvalue weighted by molar-refractivity contribution is 7.99. The topological polar surface area (TPSA) is 40.5 Å². The Kier molecular flexibility index (Phi) is 2.45. The zero-order valence-corrected chi connectivity index (χ0v) is 10.5. The molecule has 4 heteroatoms. The van der Waals surface area contributed by atoms with Crippen LogP contribution >= 0.6 is 11.8 Å². The number of carbonyl (C=O) groups excluding carboxylic acids is 1. The molecule has 2 aliphatic heterocycles. The van der Waals surface area contributed by atoms with Gasteiger partial charge in [0.1, 0.15) is 0 Å². The Labute approximate surface area is 105 Å². The Morgan fingerprint density at radius 1 is 1.47 bits per heavy atom. The van der Waals surface area contributed by atoms with E-state index < -0.39 is 5.72 Å². The van der Waals surface area contributed by atoms with Gasteiger partial charge in [-0.25, -0.2) is 0 Å². The number of aliphatic hydroxyl groups is 1. The van der Waals surface area contributed by atoms with E-state index in [1.165, 1.54) is 0 Å². The van der Waals surface area contributed by atoms with E-state index in [4.69, 9.17) is 0 Å². The van der Waals surface area contributed by atoms with Crippen LogP contribution in [0.25, 0.3) is 0 Å². The molecule has 1 aromatic rings. The first kappa shape index (κ1) is 11.1. The quantitative estimate of drug-likeness (QED) is 0.762. The molecule has 1 fully saturated rings. The van der Waals surface area contributed by atoms with Crippen LogP contribution in [0.5, 0.6) is 0 Å². The molecule has 0 aliphatic carbocycles. The molecular weight excluding hydrogens is 234 g/mol. The molecule has 2 atom stereocenters. The molecule has 1 saturated heterocycles. The fourth-order valence-electron chi connectivity index (χ4n) is 2.75. The first-order chi connectivity index (χ1) is 8.15. The van der Waals surface area contributed by atoms with E-state index in [0.717, 1.165) is 17.7 Å². The summed E-state index contributed by atoms with van der Waals surface area (Å²) in [5.41, 5.74) is 0.311. The first-order valence-electron chi connectivity index (χ1n) is 5.91. The fourth-order valence-corrected chi connectivity index (χ4v) is 3.88. The van der Waals surface area contributed by atoms with Gasteiger partial charge in [0.2, 0.25) is 0 Å². The molecule has 0 aromatic heterocycles.